The van der Waals surface area contributed by atoms with Crippen molar-refractivity contribution in [3.8, 4) is 23.7 Å². The van der Waals surface area contributed by atoms with E-state index in [2.05, 4.69) is 17.9 Å². The molecule has 98 valence electrons. The van der Waals surface area contributed by atoms with Crippen LogP contribution in [0.25, 0.3) is 0 Å². The predicted molar refractivity (Wildman–Crippen MR) is 77.9 cm³/mol. The summed E-state index contributed by atoms with van der Waals surface area (Å²) in [7, 11) is 0. The van der Waals surface area contributed by atoms with Crippen molar-refractivity contribution >= 4 is 0 Å². The zero-order valence-electron chi connectivity index (χ0n) is 11.0. The molecule has 0 aliphatic rings. The Morgan fingerprint density at radius 3 is 2.75 bits per heavy atom. The van der Waals surface area contributed by atoms with Gasteiger partial charge in [0.2, 0.25) is 0 Å². The molecular weight excluding hydrogens is 248 g/mol. The van der Waals surface area contributed by atoms with Gasteiger partial charge in [-0.1, -0.05) is 36.1 Å². The van der Waals surface area contributed by atoms with Crippen LogP contribution in [-0.4, -0.2) is 6.54 Å². The highest BCUT2D eigenvalue weighted by Gasteiger charge is 2.01. The second-order valence-electron chi connectivity index (χ2n) is 4.10. The number of rotatable bonds is 3. The summed E-state index contributed by atoms with van der Waals surface area (Å²) >= 11 is 0. The third-order valence-electron chi connectivity index (χ3n) is 2.66. The molecule has 0 radical (unpaired) electrons. The summed E-state index contributed by atoms with van der Waals surface area (Å²) in [6, 6.07) is 17.0. The van der Waals surface area contributed by atoms with Gasteiger partial charge >= 0.3 is 0 Å². The third kappa shape index (κ3) is 3.62. The first-order chi connectivity index (χ1) is 9.83. The Bertz CT molecular complexity index is 690. The molecule has 0 amide bonds. The fraction of sp³-hybridized carbons (Fsp3) is 0.118. The van der Waals surface area contributed by atoms with Gasteiger partial charge in [-0.05, 0) is 29.8 Å². The smallest absolute Gasteiger partial charge is 0.135 e. The Hall–Kier alpha value is -2.75. The molecule has 0 heterocycles. The van der Waals surface area contributed by atoms with Gasteiger partial charge in [0.1, 0.15) is 12.4 Å². The van der Waals surface area contributed by atoms with Crippen molar-refractivity contribution in [1.29, 1.82) is 5.26 Å². The number of ether oxygens (including phenoxy) is 1. The molecule has 0 aromatic heterocycles. The van der Waals surface area contributed by atoms with Crippen molar-refractivity contribution in [3.63, 3.8) is 0 Å². The van der Waals surface area contributed by atoms with Crippen LogP contribution in [0.1, 0.15) is 16.7 Å². The van der Waals surface area contributed by atoms with Crippen LogP contribution in [0.5, 0.6) is 5.75 Å². The molecule has 2 N–H and O–H groups in total. The summed E-state index contributed by atoms with van der Waals surface area (Å²) in [5.74, 6) is 6.51. The van der Waals surface area contributed by atoms with Crippen LogP contribution in [0, 0.1) is 23.2 Å². The third-order valence-corrected chi connectivity index (χ3v) is 2.66. The van der Waals surface area contributed by atoms with Gasteiger partial charge in [-0.25, -0.2) is 0 Å². The molecule has 2 aromatic carbocycles. The lowest BCUT2D eigenvalue weighted by Crippen LogP contribution is -1.98. The lowest BCUT2D eigenvalue weighted by Gasteiger charge is -2.08. The Morgan fingerprint density at radius 1 is 1.10 bits per heavy atom. The first-order valence-corrected chi connectivity index (χ1v) is 6.23. The minimum Gasteiger partial charge on any atom is -0.488 e. The van der Waals surface area contributed by atoms with Crippen LogP contribution in [0.4, 0.5) is 0 Å². The first-order valence-electron chi connectivity index (χ1n) is 6.23. The molecule has 0 atom stereocenters. The maximum atomic E-state index is 8.87. The molecule has 0 spiro atoms. The van der Waals surface area contributed by atoms with E-state index < -0.39 is 0 Å². The van der Waals surface area contributed by atoms with Gasteiger partial charge < -0.3 is 10.5 Å². The summed E-state index contributed by atoms with van der Waals surface area (Å²) in [5.41, 5.74) is 7.77. The lowest BCUT2D eigenvalue weighted by molar-refractivity contribution is 0.305. The van der Waals surface area contributed by atoms with E-state index >= 15 is 0 Å². The van der Waals surface area contributed by atoms with Gasteiger partial charge in [-0.2, -0.15) is 5.26 Å². The van der Waals surface area contributed by atoms with Crippen molar-refractivity contribution < 1.29 is 4.74 Å². The number of nitriles is 1. The van der Waals surface area contributed by atoms with Gasteiger partial charge in [0.05, 0.1) is 23.7 Å². The van der Waals surface area contributed by atoms with E-state index in [-0.39, 0.29) is 0 Å². The molecule has 0 saturated heterocycles. The molecule has 2 aromatic rings. The average molecular weight is 262 g/mol. The standard InChI is InChI=1S/C17H14N2O/c18-10-4-8-16-7-1-2-9-17(16)20-13-15-6-3-5-14(11-15)12-19/h1-3,5-7,9,11H,10,13,18H2. The summed E-state index contributed by atoms with van der Waals surface area (Å²) in [5, 5.41) is 8.87. The van der Waals surface area contributed by atoms with Crippen molar-refractivity contribution in [3.05, 3.63) is 65.2 Å². The number of nitrogens with zero attached hydrogens (tertiary/aromatic N) is 1. The van der Waals surface area contributed by atoms with Crippen LogP contribution >= 0.6 is 0 Å². The Kier molecular flexibility index (Phi) is 4.78. The lowest BCUT2D eigenvalue weighted by atomic mass is 10.1. The largest absolute Gasteiger partial charge is 0.488 e. The van der Waals surface area contributed by atoms with Crippen LogP contribution < -0.4 is 10.5 Å². The molecule has 3 heteroatoms. The van der Waals surface area contributed by atoms with E-state index in [9.17, 15) is 0 Å². The Balaban J connectivity index is 2.13. The SMILES string of the molecule is N#Cc1cccc(COc2ccccc2C#CCN)c1. The van der Waals surface area contributed by atoms with E-state index in [1.54, 1.807) is 6.07 Å². The second kappa shape index (κ2) is 6.99. The van der Waals surface area contributed by atoms with Gasteiger partial charge in [0.15, 0.2) is 0 Å². The van der Waals surface area contributed by atoms with E-state index in [0.29, 0.717) is 18.7 Å². The predicted octanol–water partition coefficient (Wildman–Crippen LogP) is 2.45. The normalized spacial score (nSPS) is 9.20. The monoisotopic (exact) mass is 262 g/mol. The highest BCUT2D eigenvalue weighted by Crippen LogP contribution is 2.18. The fourth-order valence-corrected chi connectivity index (χ4v) is 1.73. The van der Waals surface area contributed by atoms with Crippen LogP contribution in [0.3, 0.4) is 0 Å². The van der Waals surface area contributed by atoms with Gasteiger partial charge in [-0.15, -0.1) is 0 Å². The molecule has 3 nitrogen and oxygen atoms in total. The minimum absolute atomic E-state index is 0.318. The van der Waals surface area contributed by atoms with Gasteiger partial charge in [-0.3, -0.25) is 0 Å². The molecule has 0 aliphatic carbocycles. The topological polar surface area (TPSA) is 59.0 Å². The number of benzene rings is 2. The first kappa shape index (κ1) is 13.7. The van der Waals surface area contributed by atoms with Gasteiger partial charge in [0, 0.05) is 0 Å². The highest BCUT2D eigenvalue weighted by molar-refractivity contribution is 5.46. The second-order valence-corrected chi connectivity index (χ2v) is 4.10. The zero-order valence-corrected chi connectivity index (χ0v) is 11.0. The van der Waals surface area contributed by atoms with E-state index in [1.165, 1.54) is 0 Å². The quantitative estimate of drug-likeness (QED) is 0.864. The summed E-state index contributed by atoms with van der Waals surface area (Å²) in [6.45, 7) is 0.718. The average Bonchev–Trinajstić information content (AvgIpc) is 2.52. The van der Waals surface area contributed by atoms with Crippen molar-refractivity contribution in [2.45, 2.75) is 6.61 Å². The van der Waals surface area contributed by atoms with E-state index in [0.717, 1.165) is 16.9 Å². The van der Waals surface area contributed by atoms with Crippen molar-refractivity contribution in [2.24, 2.45) is 5.73 Å². The Morgan fingerprint density at radius 2 is 1.95 bits per heavy atom. The van der Waals surface area contributed by atoms with E-state index in [1.807, 2.05) is 42.5 Å². The van der Waals surface area contributed by atoms with Crippen molar-refractivity contribution in [2.75, 3.05) is 6.54 Å². The van der Waals surface area contributed by atoms with Crippen LogP contribution in [0.2, 0.25) is 0 Å². The maximum Gasteiger partial charge on any atom is 0.135 e. The maximum absolute atomic E-state index is 8.87. The molecular formula is C17H14N2O. The summed E-state index contributed by atoms with van der Waals surface area (Å²) < 4.78 is 5.77. The molecule has 0 aliphatic heterocycles. The molecule has 0 saturated carbocycles. The van der Waals surface area contributed by atoms with E-state index in [4.69, 9.17) is 15.7 Å². The molecule has 0 bridgehead atoms. The summed E-state index contributed by atoms with van der Waals surface area (Å²) in [4.78, 5) is 0. The molecule has 2 rings (SSSR count). The van der Waals surface area contributed by atoms with Crippen molar-refractivity contribution in [1.82, 2.24) is 0 Å². The highest BCUT2D eigenvalue weighted by atomic mass is 16.5. The van der Waals surface area contributed by atoms with Crippen LogP contribution in [0.15, 0.2) is 48.5 Å². The summed E-state index contributed by atoms with van der Waals surface area (Å²) in [6.07, 6.45) is 0. The zero-order chi connectivity index (χ0) is 14.2. The molecule has 0 fully saturated rings. The number of para-hydroxylation sites is 1. The Labute approximate surface area is 118 Å². The van der Waals surface area contributed by atoms with Gasteiger partial charge in [0.25, 0.3) is 0 Å². The minimum atomic E-state index is 0.318. The number of hydrogen-bond acceptors (Lipinski definition) is 3. The number of hydrogen-bond donors (Lipinski definition) is 1. The fourth-order valence-electron chi connectivity index (χ4n) is 1.73. The number of nitrogens with two attached hydrogens (primary N) is 1. The molecule has 20 heavy (non-hydrogen) atoms. The molecule has 0 unspecified atom stereocenters. The van der Waals surface area contributed by atoms with Crippen LogP contribution in [-0.2, 0) is 6.61 Å².